The Morgan fingerprint density at radius 2 is 2.20 bits per heavy atom. The van der Waals surface area contributed by atoms with Crippen molar-refractivity contribution in [3.05, 3.63) is 41.7 Å². The number of nitrogens with zero attached hydrogens (tertiary/aromatic N) is 5. The average Bonchev–Trinajstić information content (AvgIpc) is 3.02. The number of carboxylic acids is 1. The third-order valence-electron chi connectivity index (χ3n) is 3.26. The SMILES string of the molecule is Cn1nccc1CCn1nnc2ccc(C(=O)O)cc21. The fourth-order valence-electron chi connectivity index (χ4n) is 2.13. The maximum absolute atomic E-state index is 11.0. The van der Waals surface area contributed by atoms with Gasteiger partial charge in [0.05, 0.1) is 11.1 Å². The van der Waals surface area contributed by atoms with E-state index in [0.29, 0.717) is 12.1 Å². The minimum atomic E-state index is -0.953. The predicted molar refractivity (Wildman–Crippen MR) is 71.4 cm³/mol. The lowest BCUT2D eigenvalue weighted by atomic mass is 10.2. The van der Waals surface area contributed by atoms with Gasteiger partial charge in [0.25, 0.3) is 0 Å². The molecule has 0 fully saturated rings. The maximum atomic E-state index is 11.0. The van der Waals surface area contributed by atoms with Gasteiger partial charge in [0, 0.05) is 31.9 Å². The Hall–Kier alpha value is -2.70. The van der Waals surface area contributed by atoms with E-state index in [1.165, 1.54) is 6.07 Å². The van der Waals surface area contributed by atoms with Gasteiger partial charge in [0.2, 0.25) is 0 Å². The molecule has 7 heteroatoms. The van der Waals surface area contributed by atoms with Crippen LogP contribution in [0, 0.1) is 0 Å². The highest BCUT2D eigenvalue weighted by molar-refractivity contribution is 5.92. The third kappa shape index (κ3) is 2.13. The summed E-state index contributed by atoms with van der Waals surface area (Å²) in [6.45, 7) is 0.624. The monoisotopic (exact) mass is 271 g/mol. The molecule has 3 rings (SSSR count). The topological polar surface area (TPSA) is 85.8 Å². The number of hydrogen-bond donors (Lipinski definition) is 1. The van der Waals surface area contributed by atoms with Gasteiger partial charge in [-0.2, -0.15) is 5.10 Å². The van der Waals surface area contributed by atoms with Crippen LogP contribution in [-0.2, 0) is 20.0 Å². The summed E-state index contributed by atoms with van der Waals surface area (Å²) in [5, 5.41) is 21.2. The molecule has 2 heterocycles. The second-order valence-electron chi connectivity index (χ2n) is 4.52. The molecule has 0 unspecified atom stereocenters. The van der Waals surface area contributed by atoms with Crippen LogP contribution in [0.3, 0.4) is 0 Å². The Kier molecular flexibility index (Phi) is 2.94. The smallest absolute Gasteiger partial charge is 0.335 e. The highest BCUT2D eigenvalue weighted by Gasteiger charge is 2.09. The third-order valence-corrected chi connectivity index (χ3v) is 3.26. The average molecular weight is 271 g/mol. The molecular weight excluding hydrogens is 258 g/mol. The van der Waals surface area contributed by atoms with Crippen LogP contribution >= 0.6 is 0 Å². The molecule has 2 aromatic heterocycles. The van der Waals surface area contributed by atoms with Crippen molar-refractivity contribution in [2.75, 3.05) is 0 Å². The number of fused-ring (bicyclic) bond motifs is 1. The van der Waals surface area contributed by atoms with Crippen LogP contribution in [0.5, 0.6) is 0 Å². The van der Waals surface area contributed by atoms with Crippen molar-refractivity contribution in [3.8, 4) is 0 Å². The highest BCUT2D eigenvalue weighted by atomic mass is 16.4. The molecule has 0 aliphatic carbocycles. The molecule has 0 aliphatic rings. The van der Waals surface area contributed by atoms with Crippen molar-refractivity contribution in [2.24, 2.45) is 7.05 Å². The molecule has 0 amide bonds. The summed E-state index contributed by atoms with van der Waals surface area (Å²) in [5.41, 5.74) is 2.75. The van der Waals surface area contributed by atoms with Gasteiger partial charge in [-0.05, 0) is 24.3 Å². The summed E-state index contributed by atoms with van der Waals surface area (Å²) in [7, 11) is 1.89. The van der Waals surface area contributed by atoms with Crippen LogP contribution < -0.4 is 0 Å². The van der Waals surface area contributed by atoms with E-state index in [4.69, 9.17) is 5.11 Å². The zero-order valence-electron chi connectivity index (χ0n) is 10.9. The molecule has 7 nitrogen and oxygen atoms in total. The number of rotatable bonds is 4. The number of aromatic nitrogens is 5. The molecule has 102 valence electrons. The first-order valence-electron chi connectivity index (χ1n) is 6.18. The second-order valence-corrected chi connectivity index (χ2v) is 4.52. The molecule has 0 spiro atoms. The van der Waals surface area contributed by atoms with Gasteiger partial charge in [0.15, 0.2) is 0 Å². The van der Waals surface area contributed by atoms with Crippen LogP contribution in [-0.4, -0.2) is 35.9 Å². The minimum Gasteiger partial charge on any atom is -0.478 e. The molecule has 0 radical (unpaired) electrons. The van der Waals surface area contributed by atoms with Gasteiger partial charge in [0.1, 0.15) is 5.52 Å². The van der Waals surface area contributed by atoms with Crippen LogP contribution in [0.25, 0.3) is 11.0 Å². The van der Waals surface area contributed by atoms with Gasteiger partial charge in [-0.3, -0.25) is 4.68 Å². The standard InChI is InChI=1S/C13H13N5O2/c1-17-10(4-6-14-17)5-7-18-12-8-9(13(19)20)2-3-11(12)15-16-18/h2-4,6,8H,5,7H2,1H3,(H,19,20). The van der Waals surface area contributed by atoms with Crippen LogP contribution in [0.1, 0.15) is 16.1 Å². The zero-order valence-corrected chi connectivity index (χ0v) is 10.9. The zero-order chi connectivity index (χ0) is 14.1. The number of benzene rings is 1. The normalized spacial score (nSPS) is 11.1. The summed E-state index contributed by atoms with van der Waals surface area (Å²) in [6, 6.07) is 6.75. The van der Waals surface area contributed by atoms with Crippen molar-refractivity contribution in [3.63, 3.8) is 0 Å². The maximum Gasteiger partial charge on any atom is 0.335 e. The van der Waals surface area contributed by atoms with Gasteiger partial charge >= 0.3 is 5.97 Å². The Morgan fingerprint density at radius 1 is 1.35 bits per heavy atom. The summed E-state index contributed by atoms with van der Waals surface area (Å²) in [6.07, 6.45) is 2.50. The number of carboxylic acid groups (broad SMARTS) is 1. The number of aromatic carboxylic acids is 1. The van der Waals surface area contributed by atoms with E-state index < -0.39 is 5.97 Å². The summed E-state index contributed by atoms with van der Waals surface area (Å²) in [5.74, 6) is -0.953. The Balaban J connectivity index is 1.89. The van der Waals surface area contributed by atoms with Gasteiger partial charge < -0.3 is 5.11 Å². The van der Waals surface area contributed by atoms with Gasteiger partial charge in [-0.1, -0.05) is 5.21 Å². The van der Waals surface area contributed by atoms with E-state index in [1.54, 1.807) is 23.0 Å². The van der Waals surface area contributed by atoms with E-state index >= 15 is 0 Å². The number of aryl methyl sites for hydroxylation is 3. The molecule has 0 saturated heterocycles. The molecule has 0 saturated carbocycles. The second kappa shape index (κ2) is 4.76. The van der Waals surface area contributed by atoms with Crippen molar-refractivity contribution >= 4 is 17.0 Å². The van der Waals surface area contributed by atoms with E-state index in [0.717, 1.165) is 17.6 Å². The van der Waals surface area contributed by atoms with Crippen molar-refractivity contribution in [1.82, 2.24) is 24.8 Å². The minimum absolute atomic E-state index is 0.238. The van der Waals surface area contributed by atoms with Crippen molar-refractivity contribution < 1.29 is 9.90 Å². The van der Waals surface area contributed by atoms with Crippen LogP contribution in [0.15, 0.2) is 30.5 Å². The van der Waals surface area contributed by atoms with Crippen LogP contribution in [0.4, 0.5) is 0 Å². The van der Waals surface area contributed by atoms with E-state index in [2.05, 4.69) is 15.4 Å². The first-order valence-corrected chi connectivity index (χ1v) is 6.18. The van der Waals surface area contributed by atoms with Gasteiger partial charge in [-0.15, -0.1) is 5.10 Å². The Bertz CT molecular complexity index is 774. The first kappa shape index (κ1) is 12.3. The van der Waals surface area contributed by atoms with E-state index in [-0.39, 0.29) is 5.56 Å². The summed E-state index contributed by atoms with van der Waals surface area (Å²) >= 11 is 0. The molecule has 0 bridgehead atoms. The van der Waals surface area contributed by atoms with E-state index in [1.807, 2.05) is 17.8 Å². The molecular formula is C13H13N5O2. The number of hydrogen-bond acceptors (Lipinski definition) is 4. The highest BCUT2D eigenvalue weighted by Crippen LogP contribution is 2.14. The summed E-state index contributed by atoms with van der Waals surface area (Å²) in [4.78, 5) is 11.0. The molecule has 0 atom stereocenters. The predicted octanol–water partition coefficient (Wildman–Crippen LogP) is 1.11. The number of carbonyl (C=O) groups is 1. The lowest BCUT2D eigenvalue weighted by Crippen LogP contribution is -2.07. The van der Waals surface area contributed by atoms with Crippen molar-refractivity contribution in [1.29, 1.82) is 0 Å². The molecule has 1 aromatic carbocycles. The fraction of sp³-hybridized carbons (Fsp3) is 0.231. The van der Waals surface area contributed by atoms with Crippen molar-refractivity contribution in [2.45, 2.75) is 13.0 Å². The molecule has 20 heavy (non-hydrogen) atoms. The molecule has 1 N–H and O–H groups in total. The lowest BCUT2D eigenvalue weighted by Gasteiger charge is -2.03. The molecule has 3 aromatic rings. The quantitative estimate of drug-likeness (QED) is 0.768. The fourth-order valence-corrected chi connectivity index (χ4v) is 2.13. The Morgan fingerprint density at radius 3 is 2.90 bits per heavy atom. The largest absolute Gasteiger partial charge is 0.478 e. The van der Waals surface area contributed by atoms with Gasteiger partial charge in [-0.25, -0.2) is 9.48 Å². The molecule has 0 aliphatic heterocycles. The van der Waals surface area contributed by atoms with Crippen LogP contribution in [0.2, 0.25) is 0 Å². The Labute approximate surface area is 114 Å². The first-order chi connectivity index (χ1) is 9.65. The van der Waals surface area contributed by atoms with E-state index in [9.17, 15) is 4.79 Å². The lowest BCUT2D eigenvalue weighted by molar-refractivity contribution is 0.0697. The summed E-state index contributed by atoms with van der Waals surface area (Å²) < 4.78 is 3.52.